The molecule has 0 atom stereocenters. The largest absolute Gasteiger partial charge is 0.485 e. The van der Waals surface area contributed by atoms with Crippen LogP contribution in [0.4, 0.5) is 10.1 Å². The van der Waals surface area contributed by atoms with Crippen molar-refractivity contribution in [3.63, 3.8) is 0 Å². The summed E-state index contributed by atoms with van der Waals surface area (Å²) in [5.41, 5.74) is 1.41. The number of para-hydroxylation sites is 2. The third-order valence-electron chi connectivity index (χ3n) is 4.09. The molecule has 1 amide bonds. The van der Waals surface area contributed by atoms with Crippen LogP contribution in [0.2, 0.25) is 0 Å². The van der Waals surface area contributed by atoms with Crippen molar-refractivity contribution in [2.45, 2.75) is 6.61 Å². The van der Waals surface area contributed by atoms with E-state index in [1.54, 1.807) is 24.3 Å². The number of nitrogens with one attached hydrogen (secondary N) is 1. The van der Waals surface area contributed by atoms with Gasteiger partial charge < -0.3 is 14.6 Å². The number of carbonyl (C=O) groups is 1. The monoisotopic (exact) mass is 389 g/mol. The lowest BCUT2D eigenvalue weighted by atomic mass is 10.1. The van der Waals surface area contributed by atoms with Gasteiger partial charge in [-0.2, -0.15) is 4.98 Å². The van der Waals surface area contributed by atoms with Crippen LogP contribution in [-0.4, -0.2) is 16.0 Å². The van der Waals surface area contributed by atoms with Gasteiger partial charge in [0.15, 0.2) is 6.61 Å². The zero-order valence-electron chi connectivity index (χ0n) is 15.2. The summed E-state index contributed by atoms with van der Waals surface area (Å²) in [6.07, 6.45) is 0. The second-order valence-electron chi connectivity index (χ2n) is 6.12. The van der Waals surface area contributed by atoms with E-state index in [0.29, 0.717) is 28.4 Å². The minimum atomic E-state index is -0.405. The number of hydrogen-bond donors (Lipinski definition) is 1. The molecule has 3 aromatic carbocycles. The Bertz CT molecular complexity index is 1110. The van der Waals surface area contributed by atoms with Crippen LogP contribution in [0.15, 0.2) is 83.4 Å². The predicted molar refractivity (Wildman–Crippen MR) is 105 cm³/mol. The molecule has 0 radical (unpaired) electrons. The lowest BCUT2D eigenvalue weighted by molar-refractivity contribution is 0.102. The van der Waals surface area contributed by atoms with Gasteiger partial charge in [-0.3, -0.25) is 4.79 Å². The van der Waals surface area contributed by atoms with Crippen LogP contribution in [0.1, 0.15) is 16.2 Å². The summed E-state index contributed by atoms with van der Waals surface area (Å²) in [6.45, 7) is 0.150. The van der Waals surface area contributed by atoms with Crippen LogP contribution in [0.25, 0.3) is 11.5 Å². The molecule has 1 aromatic heterocycles. The van der Waals surface area contributed by atoms with E-state index in [-0.39, 0.29) is 18.4 Å². The second-order valence-corrected chi connectivity index (χ2v) is 6.12. The van der Waals surface area contributed by atoms with E-state index in [1.165, 1.54) is 24.3 Å². The topological polar surface area (TPSA) is 77.2 Å². The van der Waals surface area contributed by atoms with Crippen molar-refractivity contribution in [3.05, 3.63) is 96.1 Å². The molecule has 0 spiro atoms. The summed E-state index contributed by atoms with van der Waals surface area (Å²) in [6, 6.07) is 21.7. The molecule has 0 fully saturated rings. The summed E-state index contributed by atoms with van der Waals surface area (Å²) in [4.78, 5) is 16.8. The number of aromatic nitrogens is 2. The highest BCUT2D eigenvalue weighted by molar-refractivity contribution is 6.05. The highest BCUT2D eigenvalue weighted by Crippen LogP contribution is 2.27. The van der Waals surface area contributed by atoms with E-state index in [9.17, 15) is 9.18 Å². The van der Waals surface area contributed by atoms with Gasteiger partial charge in [0.05, 0.1) is 11.3 Å². The SMILES string of the molecule is O=C(Nc1ccccc1-c1nc(COc2ccccc2)no1)c1ccc(F)cc1. The molecule has 0 saturated carbocycles. The van der Waals surface area contributed by atoms with Gasteiger partial charge in [-0.25, -0.2) is 4.39 Å². The highest BCUT2D eigenvalue weighted by atomic mass is 19.1. The first kappa shape index (κ1) is 18.4. The van der Waals surface area contributed by atoms with Crippen molar-refractivity contribution in [3.8, 4) is 17.2 Å². The Morgan fingerprint density at radius 3 is 2.48 bits per heavy atom. The molecule has 0 saturated heterocycles. The number of benzene rings is 3. The molecule has 4 aromatic rings. The third kappa shape index (κ3) is 4.47. The molecular weight excluding hydrogens is 373 g/mol. The molecular formula is C22H16FN3O3. The smallest absolute Gasteiger partial charge is 0.260 e. The van der Waals surface area contributed by atoms with Crippen LogP contribution in [-0.2, 0) is 6.61 Å². The lowest BCUT2D eigenvalue weighted by Gasteiger charge is -2.08. The quantitative estimate of drug-likeness (QED) is 0.517. The molecule has 6 nitrogen and oxygen atoms in total. The van der Waals surface area contributed by atoms with Crippen molar-refractivity contribution >= 4 is 11.6 Å². The molecule has 0 aliphatic rings. The molecule has 1 N–H and O–H groups in total. The fourth-order valence-corrected chi connectivity index (χ4v) is 2.66. The van der Waals surface area contributed by atoms with E-state index in [1.807, 2.05) is 30.3 Å². The highest BCUT2D eigenvalue weighted by Gasteiger charge is 2.15. The Hall–Kier alpha value is -4.00. The van der Waals surface area contributed by atoms with Gasteiger partial charge in [0.1, 0.15) is 11.6 Å². The molecule has 29 heavy (non-hydrogen) atoms. The van der Waals surface area contributed by atoms with Gasteiger partial charge in [0.25, 0.3) is 11.8 Å². The Labute approximate surface area is 166 Å². The zero-order valence-corrected chi connectivity index (χ0v) is 15.2. The van der Waals surface area contributed by atoms with Gasteiger partial charge in [-0.1, -0.05) is 35.5 Å². The van der Waals surface area contributed by atoms with Crippen molar-refractivity contribution in [2.24, 2.45) is 0 Å². The molecule has 144 valence electrons. The van der Waals surface area contributed by atoms with Gasteiger partial charge in [-0.05, 0) is 48.5 Å². The van der Waals surface area contributed by atoms with Crippen LogP contribution >= 0.6 is 0 Å². The summed E-state index contributed by atoms with van der Waals surface area (Å²) in [7, 11) is 0. The lowest BCUT2D eigenvalue weighted by Crippen LogP contribution is -2.12. The van der Waals surface area contributed by atoms with E-state index in [4.69, 9.17) is 9.26 Å². The number of ether oxygens (including phenoxy) is 1. The van der Waals surface area contributed by atoms with Crippen LogP contribution < -0.4 is 10.1 Å². The Morgan fingerprint density at radius 1 is 0.966 bits per heavy atom. The molecule has 0 unspecified atom stereocenters. The minimum Gasteiger partial charge on any atom is -0.485 e. The van der Waals surface area contributed by atoms with Crippen LogP contribution in [0, 0.1) is 5.82 Å². The number of halogens is 1. The summed E-state index contributed by atoms with van der Waals surface area (Å²) >= 11 is 0. The number of hydrogen-bond acceptors (Lipinski definition) is 5. The Morgan fingerprint density at radius 2 is 1.69 bits per heavy atom. The Kier molecular flexibility index (Phi) is 5.29. The fourth-order valence-electron chi connectivity index (χ4n) is 2.66. The average molecular weight is 389 g/mol. The van der Waals surface area contributed by atoms with Crippen molar-refractivity contribution in [2.75, 3.05) is 5.32 Å². The normalized spacial score (nSPS) is 10.5. The van der Waals surface area contributed by atoms with Crippen LogP contribution in [0.5, 0.6) is 5.75 Å². The van der Waals surface area contributed by atoms with Gasteiger partial charge in [0, 0.05) is 5.56 Å². The van der Waals surface area contributed by atoms with E-state index in [0.717, 1.165) is 0 Å². The maximum Gasteiger partial charge on any atom is 0.260 e. The fraction of sp³-hybridized carbons (Fsp3) is 0.0455. The number of anilines is 1. The number of amides is 1. The number of carbonyl (C=O) groups excluding carboxylic acids is 1. The van der Waals surface area contributed by atoms with E-state index in [2.05, 4.69) is 15.5 Å². The van der Waals surface area contributed by atoms with Gasteiger partial charge in [-0.15, -0.1) is 0 Å². The number of rotatable bonds is 6. The molecule has 0 aliphatic carbocycles. The number of nitrogens with zero attached hydrogens (tertiary/aromatic N) is 2. The van der Waals surface area contributed by atoms with E-state index >= 15 is 0 Å². The van der Waals surface area contributed by atoms with Crippen molar-refractivity contribution in [1.82, 2.24) is 10.1 Å². The van der Waals surface area contributed by atoms with Crippen molar-refractivity contribution in [1.29, 1.82) is 0 Å². The average Bonchev–Trinajstić information content (AvgIpc) is 3.23. The molecule has 7 heteroatoms. The third-order valence-corrected chi connectivity index (χ3v) is 4.09. The molecule has 0 aliphatic heterocycles. The molecule has 4 rings (SSSR count). The van der Waals surface area contributed by atoms with Gasteiger partial charge in [0.2, 0.25) is 5.82 Å². The first-order valence-corrected chi connectivity index (χ1v) is 8.86. The Balaban J connectivity index is 1.50. The minimum absolute atomic E-state index is 0.150. The summed E-state index contributed by atoms with van der Waals surface area (Å²) < 4.78 is 24.0. The summed E-state index contributed by atoms with van der Waals surface area (Å²) in [5.74, 6) is 0.559. The predicted octanol–water partition coefficient (Wildman–Crippen LogP) is 4.71. The first-order chi connectivity index (χ1) is 14.2. The first-order valence-electron chi connectivity index (χ1n) is 8.86. The summed E-state index contributed by atoms with van der Waals surface area (Å²) in [5, 5.41) is 6.72. The second kappa shape index (κ2) is 8.35. The maximum atomic E-state index is 13.1. The van der Waals surface area contributed by atoms with Crippen LogP contribution in [0.3, 0.4) is 0 Å². The van der Waals surface area contributed by atoms with E-state index < -0.39 is 5.82 Å². The zero-order chi connectivity index (χ0) is 20.1. The standard InChI is InChI=1S/C22H16FN3O3/c23-16-12-10-15(11-13-16)21(27)24-19-9-5-4-8-18(19)22-25-20(26-29-22)14-28-17-6-2-1-3-7-17/h1-13H,14H2,(H,24,27). The van der Waals surface area contributed by atoms with Gasteiger partial charge >= 0.3 is 0 Å². The van der Waals surface area contributed by atoms with Crippen molar-refractivity contribution < 1.29 is 18.4 Å². The molecule has 1 heterocycles. The maximum absolute atomic E-state index is 13.1. The molecule has 0 bridgehead atoms.